The predicted molar refractivity (Wildman–Crippen MR) is 101 cm³/mol. The molecule has 2 saturated heterocycles. The molecule has 2 heterocycles. The van der Waals surface area contributed by atoms with Crippen LogP contribution < -0.4 is 10.6 Å². The molecular formula is C18H28N2O10. The molecule has 12 nitrogen and oxygen atoms in total. The zero-order valence-electron chi connectivity index (χ0n) is 15.9. The van der Waals surface area contributed by atoms with Gasteiger partial charge in [-0.2, -0.15) is 0 Å². The molecule has 2 aliphatic rings. The highest BCUT2D eigenvalue weighted by atomic mass is 16.6. The van der Waals surface area contributed by atoms with E-state index in [1.54, 1.807) is 24.3 Å². The highest BCUT2D eigenvalue weighted by Gasteiger charge is 2.45. The molecule has 0 aromatic heterocycles. The Bertz CT molecular complexity index is 636. The molecule has 0 saturated carbocycles. The number of anilines is 2. The summed E-state index contributed by atoms with van der Waals surface area (Å²) >= 11 is 0. The number of aliphatic hydroxyl groups is 8. The number of nitrogens with one attached hydrogen (secondary N) is 2. The van der Waals surface area contributed by atoms with E-state index in [-0.39, 0.29) is 0 Å². The zero-order chi connectivity index (χ0) is 22.0. The lowest BCUT2D eigenvalue weighted by Crippen LogP contribution is -2.61. The minimum absolute atomic E-state index is 0.346. The van der Waals surface area contributed by atoms with Gasteiger partial charge in [-0.25, -0.2) is 0 Å². The molecule has 0 radical (unpaired) electrons. The van der Waals surface area contributed by atoms with Crippen LogP contribution in [0.3, 0.4) is 0 Å². The van der Waals surface area contributed by atoms with Crippen molar-refractivity contribution in [2.45, 2.75) is 61.3 Å². The second kappa shape index (κ2) is 9.70. The third kappa shape index (κ3) is 4.53. The maximum atomic E-state index is 10.2. The van der Waals surface area contributed by atoms with Gasteiger partial charge in [-0.15, -0.1) is 0 Å². The van der Waals surface area contributed by atoms with Gasteiger partial charge in [0.15, 0.2) is 12.5 Å². The number of ether oxygens (including phenoxy) is 2. The Morgan fingerprint density at radius 1 is 0.600 bits per heavy atom. The molecule has 0 aliphatic carbocycles. The summed E-state index contributed by atoms with van der Waals surface area (Å²) in [6.45, 7) is -1.15. The molecule has 1 aromatic carbocycles. The number of aliphatic hydroxyl groups excluding tert-OH is 8. The Balaban J connectivity index is 1.76. The lowest BCUT2D eigenvalue weighted by molar-refractivity contribution is -0.222. The van der Waals surface area contributed by atoms with Gasteiger partial charge in [0.1, 0.15) is 48.8 Å². The average Bonchev–Trinajstić information content (AvgIpc) is 2.75. The zero-order valence-corrected chi connectivity index (χ0v) is 15.9. The first-order valence-electron chi connectivity index (χ1n) is 9.51. The molecule has 1 aromatic rings. The second-order valence-electron chi connectivity index (χ2n) is 7.33. The lowest BCUT2D eigenvalue weighted by Gasteiger charge is -2.42. The van der Waals surface area contributed by atoms with Crippen molar-refractivity contribution in [2.24, 2.45) is 0 Å². The van der Waals surface area contributed by atoms with Crippen molar-refractivity contribution in [1.29, 1.82) is 0 Å². The standard InChI is InChI=1S/C18H28N2O10/c21-5-9-11(23)13(25)15(27)17(29-9)19-7-3-1-2-4-8(7)20-18-16(28)14(26)12(24)10(6-22)30-18/h1-4,9-28H,5-6H2/t9-,10+,11-,12-,13+,14-,15+,16+,17+,18-/m1/s1. The fourth-order valence-corrected chi connectivity index (χ4v) is 3.48. The number of rotatable bonds is 6. The number of benzene rings is 1. The minimum Gasteiger partial charge on any atom is -0.394 e. The minimum atomic E-state index is -1.56. The Morgan fingerprint density at radius 3 is 1.30 bits per heavy atom. The summed E-state index contributed by atoms with van der Waals surface area (Å²) in [5, 5.41) is 84.4. The normalized spacial score (nSPS) is 42.0. The van der Waals surface area contributed by atoms with Crippen LogP contribution in [0, 0.1) is 0 Å². The number of hydrogen-bond acceptors (Lipinski definition) is 12. The van der Waals surface area contributed by atoms with Crippen LogP contribution in [0.2, 0.25) is 0 Å². The van der Waals surface area contributed by atoms with E-state index in [2.05, 4.69) is 10.6 Å². The smallest absolute Gasteiger partial charge is 0.157 e. The number of para-hydroxylation sites is 2. The first kappa shape index (κ1) is 23.1. The molecule has 12 heteroatoms. The fourth-order valence-electron chi connectivity index (χ4n) is 3.48. The van der Waals surface area contributed by atoms with E-state index in [1.165, 1.54) is 0 Å². The summed E-state index contributed by atoms with van der Waals surface area (Å²) in [5.74, 6) is 0. The lowest BCUT2D eigenvalue weighted by atomic mass is 9.98. The van der Waals surface area contributed by atoms with Crippen molar-refractivity contribution < 1.29 is 50.3 Å². The molecule has 10 atom stereocenters. The first-order valence-corrected chi connectivity index (χ1v) is 9.51. The van der Waals surface area contributed by atoms with Crippen LogP contribution in [0.4, 0.5) is 11.4 Å². The van der Waals surface area contributed by atoms with Gasteiger partial charge in [0.05, 0.1) is 24.6 Å². The summed E-state index contributed by atoms with van der Waals surface area (Å²) in [6.07, 6.45) is -13.7. The van der Waals surface area contributed by atoms with E-state index in [0.717, 1.165) is 0 Å². The van der Waals surface area contributed by atoms with Crippen molar-refractivity contribution in [1.82, 2.24) is 0 Å². The van der Waals surface area contributed by atoms with E-state index >= 15 is 0 Å². The van der Waals surface area contributed by atoms with E-state index in [9.17, 15) is 40.9 Å². The van der Waals surface area contributed by atoms with Gasteiger partial charge in [-0.05, 0) is 12.1 Å². The summed E-state index contributed by atoms with van der Waals surface area (Å²) in [7, 11) is 0. The highest BCUT2D eigenvalue weighted by Crippen LogP contribution is 2.30. The van der Waals surface area contributed by atoms with Crippen LogP contribution in [0.1, 0.15) is 0 Å². The molecule has 2 aliphatic heterocycles. The van der Waals surface area contributed by atoms with Crippen LogP contribution in [-0.4, -0.2) is 115 Å². The van der Waals surface area contributed by atoms with Gasteiger partial charge in [-0.1, -0.05) is 12.1 Å². The molecule has 0 spiro atoms. The van der Waals surface area contributed by atoms with Crippen molar-refractivity contribution in [3.63, 3.8) is 0 Å². The third-order valence-electron chi connectivity index (χ3n) is 5.31. The van der Waals surface area contributed by atoms with Crippen LogP contribution in [0.25, 0.3) is 0 Å². The van der Waals surface area contributed by atoms with Crippen molar-refractivity contribution in [3.05, 3.63) is 24.3 Å². The summed E-state index contributed by atoms with van der Waals surface area (Å²) in [5.41, 5.74) is 0.692. The first-order chi connectivity index (χ1) is 14.3. The Labute approximate surface area is 171 Å². The van der Waals surface area contributed by atoms with Gasteiger partial charge in [0.2, 0.25) is 0 Å². The van der Waals surface area contributed by atoms with Gasteiger partial charge in [0, 0.05) is 0 Å². The Morgan fingerprint density at radius 2 is 0.967 bits per heavy atom. The van der Waals surface area contributed by atoms with E-state index in [4.69, 9.17) is 9.47 Å². The topological polar surface area (TPSA) is 204 Å². The summed E-state index contributed by atoms with van der Waals surface area (Å²) < 4.78 is 10.9. The molecule has 10 N–H and O–H groups in total. The molecule has 3 rings (SSSR count). The fraction of sp³-hybridized carbons (Fsp3) is 0.667. The molecular weight excluding hydrogens is 404 g/mol. The van der Waals surface area contributed by atoms with Gasteiger partial charge < -0.3 is 61.0 Å². The van der Waals surface area contributed by atoms with Gasteiger partial charge in [0.25, 0.3) is 0 Å². The Kier molecular flexibility index (Phi) is 7.47. The maximum absolute atomic E-state index is 10.2. The summed E-state index contributed by atoms with van der Waals surface area (Å²) in [6, 6.07) is 6.50. The summed E-state index contributed by atoms with van der Waals surface area (Å²) in [4.78, 5) is 0. The molecule has 0 bridgehead atoms. The molecule has 0 amide bonds. The molecule has 170 valence electrons. The maximum Gasteiger partial charge on any atom is 0.157 e. The van der Waals surface area contributed by atoms with E-state index in [1.807, 2.05) is 0 Å². The van der Waals surface area contributed by atoms with Crippen LogP contribution in [-0.2, 0) is 9.47 Å². The highest BCUT2D eigenvalue weighted by molar-refractivity contribution is 5.69. The quantitative estimate of drug-likeness (QED) is 0.210. The monoisotopic (exact) mass is 432 g/mol. The van der Waals surface area contributed by atoms with Crippen molar-refractivity contribution in [3.8, 4) is 0 Å². The van der Waals surface area contributed by atoms with Gasteiger partial charge >= 0.3 is 0 Å². The average molecular weight is 432 g/mol. The van der Waals surface area contributed by atoms with Gasteiger partial charge in [-0.3, -0.25) is 0 Å². The molecule has 30 heavy (non-hydrogen) atoms. The largest absolute Gasteiger partial charge is 0.394 e. The van der Waals surface area contributed by atoms with Crippen molar-refractivity contribution >= 4 is 11.4 Å². The van der Waals surface area contributed by atoms with Crippen LogP contribution >= 0.6 is 0 Å². The van der Waals surface area contributed by atoms with E-state index < -0.39 is 74.5 Å². The molecule has 2 fully saturated rings. The second-order valence-corrected chi connectivity index (χ2v) is 7.33. The van der Waals surface area contributed by atoms with Crippen LogP contribution in [0.5, 0.6) is 0 Å². The third-order valence-corrected chi connectivity index (χ3v) is 5.31. The predicted octanol–water partition coefficient (Wildman–Crippen LogP) is -3.89. The van der Waals surface area contributed by atoms with Crippen molar-refractivity contribution in [2.75, 3.05) is 23.8 Å². The Hall–Kier alpha value is -1.58. The van der Waals surface area contributed by atoms with Crippen LogP contribution in [0.15, 0.2) is 24.3 Å². The molecule has 0 unspecified atom stereocenters. The SMILES string of the molecule is OC[C@@H]1O[C@@H](Nc2ccccc2N[C@H]2O[C@H](CO)[C@@H](O)[C@H](O)[C@@H]2O)[C@@H](O)[C@H](O)[C@@H]1O. The number of hydrogen-bond donors (Lipinski definition) is 10. The van der Waals surface area contributed by atoms with E-state index in [0.29, 0.717) is 11.4 Å².